The highest BCUT2D eigenvalue weighted by molar-refractivity contribution is 7.89. The summed E-state index contributed by atoms with van der Waals surface area (Å²) in [6.07, 6.45) is 3.01. The number of aromatic nitrogens is 2. The molecule has 20 heavy (non-hydrogen) atoms. The molecule has 0 aliphatic carbocycles. The zero-order valence-corrected chi connectivity index (χ0v) is 13.8. The van der Waals surface area contributed by atoms with E-state index in [1.807, 2.05) is 27.7 Å². The van der Waals surface area contributed by atoms with Crippen molar-refractivity contribution in [1.29, 1.82) is 0 Å². The minimum atomic E-state index is -3.46. The van der Waals surface area contributed by atoms with Crippen LogP contribution in [0.2, 0.25) is 0 Å². The minimum Gasteiger partial charge on any atom is -0.315 e. The van der Waals surface area contributed by atoms with Crippen molar-refractivity contribution in [3.05, 3.63) is 12.4 Å². The van der Waals surface area contributed by atoms with Crippen molar-refractivity contribution in [3.8, 4) is 0 Å². The van der Waals surface area contributed by atoms with Gasteiger partial charge < -0.3 is 5.32 Å². The molecule has 0 fully saturated rings. The van der Waals surface area contributed by atoms with Gasteiger partial charge in [0.1, 0.15) is 4.90 Å². The Balaban J connectivity index is 2.83. The molecule has 1 aromatic rings. The Morgan fingerprint density at radius 1 is 1.40 bits per heavy atom. The van der Waals surface area contributed by atoms with Crippen molar-refractivity contribution in [2.24, 2.45) is 5.92 Å². The average Bonchev–Trinajstić information content (AvgIpc) is 2.86. The number of hydrogen-bond donors (Lipinski definition) is 1. The number of nitrogens with one attached hydrogen (secondary N) is 1. The first-order valence-electron chi connectivity index (χ1n) is 7.02. The number of sulfonamides is 1. The van der Waals surface area contributed by atoms with Gasteiger partial charge in [0.2, 0.25) is 10.0 Å². The summed E-state index contributed by atoms with van der Waals surface area (Å²) >= 11 is 0. The van der Waals surface area contributed by atoms with Crippen LogP contribution in [0, 0.1) is 5.92 Å². The van der Waals surface area contributed by atoms with E-state index in [0.29, 0.717) is 6.54 Å². The van der Waals surface area contributed by atoms with Crippen molar-refractivity contribution in [1.82, 2.24) is 19.4 Å². The normalized spacial score (nSPS) is 14.2. The van der Waals surface area contributed by atoms with E-state index < -0.39 is 10.0 Å². The fourth-order valence-electron chi connectivity index (χ4n) is 1.78. The van der Waals surface area contributed by atoms with E-state index >= 15 is 0 Å². The highest BCUT2D eigenvalue weighted by atomic mass is 32.2. The van der Waals surface area contributed by atoms with Crippen LogP contribution in [0.25, 0.3) is 0 Å². The molecule has 6 nitrogen and oxygen atoms in total. The predicted octanol–water partition coefficient (Wildman–Crippen LogP) is 1.16. The van der Waals surface area contributed by atoms with E-state index in [0.717, 1.165) is 13.1 Å². The molecule has 0 spiro atoms. The van der Waals surface area contributed by atoms with Gasteiger partial charge in [0.15, 0.2) is 0 Å². The summed E-state index contributed by atoms with van der Waals surface area (Å²) in [6, 6.07) is -0.0508. The molecule has 116 valence electrons. The van der Waals surface area contributed by atoms with Crippen LogP contribution in [-0.4, -0.2) is 48.7 Å². The SMILES string of the molecule is CCNCCn1cc(S(=O)(=O)N(C)C(C)C(C)C)cn1. The third-order valence-electron chi connectivity index (χ3n) is 3.59. The standard InChI is InChI=1S/C13H26N4O2S/c1-6-14-7-8-17-10-13(9-15-17)20(18,19)16(5)12(4)11(2)3/h9-12,14H,6-8H2,1-5H3. The van der Waals surface area contributed by atoms with Crippen LogP contribution in [0.4, 0.5) is 0 Å². The molecule has 7 heteroatoms. The number of likely N-dealkylation sites (N-methyl/N-ethyl adjacent to an activating group) is 1. The van der Waals surface area contributed by atoms with Gasteiger partial charge in [-0.05, 0) is 19.4 Å². The minimum absolute atomic E-state index is 0.0508. The Bertz CT molecular complexity index is 510. The topological polar surface area (TPSA) is 67.2 Å². The smallest absolute Gasteiger partial charge is 0.246 e. The van der Waals surface area contributed by atoms with E-state index in [9.17, 15) is 8.42 Å². The fraction of sp³-hybridized carbons (Fsp3) is 0.769. The first-order chi connectivity index (χ1) is 9.30. The van der Waals surface area contributed by atoms with Gasteiger partial charge in [0.25, 0.3) is 0 Å². The van der Waals surface area contributed by atoms with E-state index in [4.69, 9.17) is 0 Å². The Morgan fingerprint density at radius 3 is 2.60 bits per heavy atom. The Kier molecular flexibility index (Phi) is 6.16. The molecule has 1 aromatic heterocycles. The molecule has 0 aromatic carbocycles. The second-order valence-corrected chi connectivity index (χ2v) is 7.30. The predicted molar refractivity (Wildman–Crippen MR) is 80.0 cm³/mol. The molecule has 1 unspecified atom stereocenters. The zero-order chi connectivity index (χ0) is 15.3. The maximum Gasteiger partial charge on any atom is 0.246 e. The number of nitrogens with zero attached hydrogens (tertiary/aromatic N) is 3. The van der Waals surface area contributed by atoms with Crippen LogP contribution in [0.3, 0.4) is 0 Å². The lowest BCUT2D eigenvalue weighted by Crippen LogP contribution is -2.38. The highest BCUT2D eigenvalue weighted by Crippen LogP contribution is 2.19. The van der Waals surface area contributed by atoms with Gasteiger partial charge >= 0.3 is 0 Å². The molecule has 0 saturated heterocycles. The van der Waals surface area contributed by atoms with E-state index in [-0.39, 0.29) is 16.9 Å². The zero-order valence-electron chi connectivity index (χ0n) is 13.0. The molecule has 0 radical (unpaired) electrons. The first-order valence-corrected chi connectivity index (χ1v) is 8.46. The molecular weight excluding hydrogens is 276 g/mol. The fourth-order valence-corrected chi connectivity index (χ4v) is 3.22. The van der Waals surface area contributed by atoms with Crippen LogP contribution < -0.4 is 5.32 Å². The highest BCUT2D eigenvalue weighted by Gasteiger charge is 2.28. The van der Waals surface area contributed by atoms with Crippen molar-refractivity contribution in [2.75, 3.05) is 20.1 Å². The lowest BCUT2D eigenvalue weighted by molar-refractivity contribution is 0.315. The molecule has 0 saturated carbocycles. The Labute approximate surface area is 122 Å². The largest absolute Gasteiger partial charge is 0.315 e. The summed E-state index contributed by atoms with van der Waals surface area (Å²) in [5, 5.41) is 7.29. The van der Waals surface area contributed by atoms with Crippen LogP contribution in [0.1, 0.15) is 27.7 Å². The van der Waals surface area contributed by atoms with Gasteiger partial charge in [0, 0.05) is 25.8 Å². The molecule has 0 bridgehead atoms. The maximum absolute atomic E-state index is 12.5. The quantitative estimate of drug-likeness (QED) is 0.732. The van der Waals surface area contributed by atoms with Crippen LogP contribution in [0.15, 0.2) is 17.3 Å². The summed E-state index contributed by atoms with van der Waals surface area (Å²) in [6.45, 7) is 10.3. The lowest BCUT2D eigenvalue weighted by atomic mass is 10.1. The molecule has 1 N–H and O–H groups in total. The summed E-state index contributed by atoms with van der Waals surface area (Å²) in [5.74, 6) is 0.263. The van der Waals surface area contributed by atoms with Crippen LogP contribution in [0.5, 0.6) is 0 Å². The summed E-state index contributed by atoms with van der Waals surface area (Å²) in [7, 11) is -1.84. The van der Waals surface area contributed by atoms with E-state index in [1.165, 1.54) is 10.5 Å². The molecule has 1 rings (SSSR count). The number of rotatable bonds is 8. The van der Waals surface area contributed by atoms with E-state index in [1.54, 1.807) is 17.9 Å². The molecule has 0 aliphatic heterocycles. The second-order valence-electron chi connectivity index (χ2n) is 5.30. The monoisotopic (exact) mass is 302 g/mol. The molecule has 1 heterocycles. The van der Waals surface area contributed by atoms with Gasteiger partial charge in [-0.1, -0.05) is 20.8 Å². The van der Waals surface area contributed by atoms with Crippen molar-refractivity contribution in [2.45, 2.75) is 45.2 Å². The van der Waals surface area contributed by atoms with Gasteiger partial charge in [-0.15, -0.1) is 0 Å². The summed E-state index contributed by atoms with van der Waals surface area (Å²) in [4.78, 5) is 0.254. The van der Waals surface area contributed by atoms with Gasteiger partial charge in [0.05, 0.1) is 12.7 Å². The Morgan fingerprint density at radius 2 is 2.05 bits per heavy atom. The first kappa shape index (κ1) is 17.1. The second kappa shape index (κ2) is 7.19. The lowest BCUT2D eigenvalue weighted by Gasteiger charge is -2.26. The number of hydrogen-bond acceptors (Lipinski definition) is 4. The van der Waals surface area contributed by atoms with Crippen LogP contribution in [-0.2, 0) is 16.6 Å². The Hall–Kier alpha value is -0.920. The van der Waals surface area contributed by atoms with Gasteiger partial charge in [-0.25, -0.2) is 8.42 Å². The molecule has 1 atom stereocenters. The van der Waals surface area contributed by atoms with Gasteiger partial charge in [-0.3, -0.25) is 4.68 Å². The van der Waals surface area contributed by atoms with Crippen molar-refractivity contribution in [3.63, 3.8) is 0 Å². The van der Waals surface area contributed by atoms with E-state index in [2.05, 4.69) is 10.4 Å². The third kappa shape index (κ3) is 4.04. The van der Waals surface area contributed by atoms with Crippen LogP contribution >= 0.6 is 0 Å². The molecule has 0 amide bonds. The van der Waals surface area contributed by atoms with Gasteiger partial charge in [-0.2, -0.15) is 9.40 Å². The molecular formula is C13H26N4O2S. The third-order valence-corrected chi connectivity index (χ3v) is 5.49. The average molecular weight is 302 g/mol. The van der Waals surface area contributed by atoms with Crippen molar-refractivity contribution >= 4 is 10.0 Å². The summed E-state index contributed by atoms with van der Waals surface area (Å²) in [5.41, 5.74) is 0. The molecule has 0 aliphatic rings. The summed E-state index contributed by atoms with van der Waals surface area (Å²) < 4.78 is 28.0. The maximum atomic E-state index is 12.5. The van der Waals surface area contributed by atoms with Crippen molar-refractivity contribution < 1.29 is 8.42 Å².